The van der Waals surface area contributed by atoms with E-state index in [9.17, 15) is 4.79 Å². The molecule has 0 bridgehead atoms. The first-order chi connectivity index (χ1) is 11.0. The smallest absolute Gasteiger partial charge is 0.224 e. The van der Waals surface area contributed by atoms with Gasteiger partial charge in [-0.1, -0.05) is 43.6 Å². The summed E-state index contributed by atoms with van der Waals surface area (Å²) in [7, 11) is 0. The molecule has 2 rings (SSSR count). The number of carbonyl (C=O) groups is 1. The Balaban J connectivity index is 1.82. The van der Waals surface area contributed by atoms with Crippen molar-refractivity contribution in [2.75, 3.05) is 11.9 Å². The minimum Gasteiger partial charge on any atom is -0.493 e. The molecule has 0 aliphatic carbocycles. The zero-order chi connectivity index (χ0) is 16.7. The van der Waals surface area contributed by atoms with E-state index < -0.39 is 0 Å². The van der Waals surface area contributed by atoms with Gasteiger partial charge >= 0.3 is 0 Å². The summed E-state index contributed by atoms with van der Waals surface area (Å²) in [5.74, 6) is 1.27. The zero-order valence-corrected chi connectivity index (χ0v) is 14.3. The zero-order valence-electron chi connectivity index (χ0n) is 13.5. The van der Waals surface area contributed by atoms with Gasteiger partial charge in [-0.05, 0) is 48.2 Å². The highest BCUT2D eigenvalue weighted by molar-refractivity contribution is 6.31. The van der Waals surface area contributed by atoms with Gasteiger partial charge in [0.25, 0.3) is 0 Å². The highest BCUT2D eigenvalue weighted by atomic mass is 35.5. The van der Waals surface area contributed by atoms with Crippen LogP contribution in [-0.2, 0) is 11.2 Å². The number of ether oxygens (including phenoxy) is 1. The molecule has 0 aliphatic rings. The van der Waals surface area contributed by atoms with Crippen molar-refractivity contribution in [1.29, 1.82) is 0 Å². The van der Waals surface area contributed by atoms with E-state index in [-0.39, 0.29) is 5.91 Å². The van der Waals surface area contributed by atoms with Crippen LogP contribution in [0.2, 0.25) is 5.02 Å². The van der Waals surface area contributed by atoms with Crippen LogP contribution in [0, 0.1) is 5.92 Å². The monoisotopic (exact) mass is 331 g/mol. The molecule has 0 saturated carbocycles. The van der Waals surface area contributed by atoms with Crippen molar-refractivity contribution in [2.45, 2.75) is 26.7 Å². The first-order valence-electron chi connectivity index (χ1n) is 7.80. The van der Waals surface area contributed by atoms with Crippen molar-refractivity contribution in [3.8, 4) is 5.75 Å². The average molecular weight is 332 g/mol. The molecule has 0 heterocycles. The molecule has 0 atom stereocenters. The van der Waals surface area contributed by atoms with E-state index >= 15 is 0 Å². The lowest BCUT2D eigenvalue weighted by Crippen LogP contribution is -2.12. The summed E-state index contributed by atoms with van der Waals surface area (Å²) in [4.78, 5) is 12.0. The summed E-state index contributed by atoms with van der Waals surface area (Å²) in [5, 5.41) is 3.59. The molecule has 122 valence electrons. The predicted molar refractivity (Wildman–Crippen MR) is 95.2 cm³/mol. The maximum atomic E-state index is 12.0. The molecular formula is C19H22ClNO2. The van der Waals surface area contributed by atoms with E-state index in [1.165, 1.54) is 0 Å². The molecule has 0 saturated heterocycles. The van der Waals surface area contributed by atoms with Crippen molar-refractivity contribution in [1.82, 2.24) is 0 Å². The molecule has 2 aromatic carbocycles. The summed E-state index contributed by atoms with van der Waals surface area (Å²) in [5.41, 5.74) is 1.76. The van der Waals surface area contributed by atoms with Gasteiger partial charge in [0.15, 0.2) is 0 Å². The van der Waals surface area contributed by atoms with Gasteiger partial charge in [0.1, 0.15) is 5.75 Å². The number of rotatable bonds is 7. The maximum absolute atomic E-state index is 12.0. The molecule has 0 fully saturated rings. The lowest BCUT2D eigenvalue weighted by molar-refractivity contribution is -0.116. The molecule has 0 spiro atoms. The predicted octanol–water partition coefficient (Wildman–Crippen LogP) is 4.95. The van der Waals surface area contributed by atoms with Crippen LogP contribution in [-0.4, -0.2) is 12.5 Å². The van der Waals surface area contributed by atoms with Gasteiger partial charge in [-0.2, -0.15) is 0 Å². The van der Waals surface area contributed by atoms with E-state index in [0.717, 1.165) is 17.0 Å². The normalized spacial score (nSPS) is 10.6. The Morgan fingerprint density at radius 3 is 2.48 bits per heavy atom. The number of hydrogen-bond acceptors (Lipinski definition) is 2. The van der Waals surface area contributed by atoms with Crippen LogP contribution in [0.15, 0.2) is 48.5 Å². The van der Waals surface area contributed by atoms with Crippen LogP contribution in [0.25, 0.3) is 0 Å². The molecule has 1 amide bonds. The van der Waals surface area contributed by atoms with Gasteiger partial charge in [0.05, 0.1) is 6.61 Å². The SMILES string of the molecule is CC(C)COc1ccc(NC(=O)CCc2ccccc2Cl)cc1. The summed E-state index contributed by atoms with van der Waals surface area (Å²) in [6.07, 6.45) is 1.02. The van der Waals surface area contributed by atoms with E-state index in [2.05, 4.69) is 19.2 Å². The standard InChI is InChI=1S/C19H22ClNO2/c1-14(2)13-23-17-10-8-16(9-11-17)21-19(22)12-7-15-5-3-4-6-18(15)20/h3-6,8-11,14H,7,12-13H2,1-2H3,(H,21,22). The minimum absolute atomic E-state index is 0.0271. The van der Waals surface area contributed by atoms with Crippen LogP contribution >= 0.6 is 11.6 Å². The van der Waals surface area contributed by atoms with Crippen molar-refractivity contribution in [3.63, 3.8) is 0 Å². The Labute approximate surface area is 142 Å². The topological polar surface area (TPSA) is 38.3 Å². The second kappa shape index (κ2) is 8.59. The number of nitrogens with one attached hydrogen (secondary N) is 1. The van der Waals surface area contributed by atoms with Crippen LogP contribution in [0.4, 0.5) is 5.69 Å². The Morgan fingerprint density at radius 2 is 1.83 bits per heavy atom. The third-order valence-corrected chi connectivity index (χ3v) is 3.67. The Bertz CT molecular complexity index is 638. The molecular weight excluding hydrogens is 310 g/mol. The van der Waals surface area contributed by atoms with Gasteiger partial charge in [0, 0.05) is 17.1 Å². The van der Waals surface area contributed by atoms with Crippen molar-refractivity contribution in [2.24, 2.45) is 5.92 Å². The first kappa shape index (κ1) is 17.4. The third kappa shape index (κ3) is 5.95. The molecule has 1 N–H and O–H groups in total. The molecule has 0 unspecified atom stereocenters. The third-order valence-electron chi connectivity index (χ3n) is 3.30. The lowest BCUT2D eigenvalue weighted by atomic mass is 10.1. The molecule has 0 aliphatic heterocycles. The fraction of sp³-hybridized carbons (Fsp3) is 0.316. The Morgan fingerprint density at radius 1 is 1.13 bits per heavy atom. The van der Waals surface area contributed by atoms with Gasteiger partial charge in [0.2, 0.25) is 5.91 Å². The molecule has 0 aromatic heterocycles. The number of carbonyl (C=O) groups excluding carboxylic acids is 1. The van der Waals surface area contributed by atoms with Crippen LogP contribution in [0.3, 0.4) is 0 Å². The largest absolute Gasteiger partial charge is 0.493 e. The molecule has 23 heavy (non-hydrogen) atoms. The van der Waals surface area contributed by atoms with E-state index in [1.807, 2.05) is 48.5 Å². The number of hydrogen-bond donors (Lipinski definition) is 1. The maximum Gasteiger partial charge on any atom is 0.224 e. The Kier molecular flexibility index (Phi) is 6.48. The van der Waals surface area contributed by atoms with Crippen LogP contribution < -0.4 is 10.1 Å². The van der Waals surface area contributed by atoms with Crippen LogP contribution in [0.5, 0.6) is 5.75 Å². The van der Waals surface area contributed by atoms with Crippen molar-refractivity contribution >= 4 is 23.2 Å². The first-order valence-corrected chi connectivity index (χ1v) is 8.18. The summed E-state index contributed by atoms with van der Waals surface area (Å²) >= 11 is 6.09. The van der Waals surface area contributed by atoms with Gasteiger partial charge in [-0.3, -0.25) is 4.79 Å². The fourth-order valence-corrected chi connectivity index (χ4v) is 2.30. The van der Waals surface area contributed by atoms with E-state index in [0.29, 0.717) is 30.4 Å². The highest BCUT2D eigenvalue weighted by Gasteiger charge is 2.06. The second-order valence-corrected chi connectivity index (χ2v) is 6.28. The summed E-state index contributed by atoms with van der Waals surface area (Å²) in [6.45, 7) is 4.89. The Hall–Kier alpha value is -2.00. The quantitative estimate of drug-likeness (QED) is 0.779. The minimum atomic E-state index is -0.0271. The van der Waals surface area contributed by atoms with Crippen molar-refractivity contribution in [3.05, 3.63) is 59.1 Å². The number of amides is 1. The number of benzene rings is 2. The number of anilines is 1. The molecule has 2 aromatic rings. The molecule has 4 heteroatoms. The van der Waals surface area contributed by atoms with Gasteiger partial charge in [-0.15, -0.1) is 0 Å². The van der Waals surface area contributed by atoms with Crippen LogP contribution in [0.1, 0.15) is 25.8 Å². The summed E-state index contributed by atoms with van der Waals surface area (Å²) in [6, 6.07) is 15.0. The number of halogens is 1. The van der Waals surface area contributed by atoms with Gasteiger partial charge < -0.3 is 10.1 Å². The lowest BCUT2D eigenvalue weighted by Gasteiger charge is -2.10. The van der Waals surface area contributed by atoms with E-state index in [1.54, 1.807) is 0 Å². The average Bonchev–Trinajstić information content (AvgIpc) is 2.53. The molecule has 3 nitrogen and oxygen atoms in total. The summed E-state index contributed by atoms with van der Waals surface area (Å²) < 4.78 is 5.62. The fourth-order valence-electron chi connectivity index (χ4n) is 2.07. The van der Waals surface area contributed by atoms with Crippen molar-refractivity contribution < 1.29 is 9.53 Å². The second-order valence-electron chi connectivity index (χ2n) is 5.87. The highest BCUT2D eigenvalue weighted by Crippen LogP contribution is 2.18. The molecule has 0 radical (unpaired) electrons. The van der Waals surface area contributed by atoms with Gasteiger partial charge in [-0.25, -0.2) is 0 Å². The number of aryl methyl sites for hydroxylation is 1. The van der Waals surface area contributed by atoms with E-state index in [4.69, 9.17) is 16.3 Å².